The Hall–Kier alpha value is -1.58. The molecule has 2 N–H and O–H groups in total. The van der Waals surface area contributed by atoms with Crippen molar-refractivity contribution in [2.75, 3.05) is 5.73 Å². The second-order valence-electron chi connectivity index (χ2n) is 4.17. The lowest BCUT2D eigenvalue weighted by Gasteiger charge is -2.09. The molecule has 3 rings (SSSR count). The fourth-order valence-electron chi connectivity index (χ4n) is 2.13. The van der Waals surface area contributed by atoms with Gasteiger partial charge in [0, 0.05) is 10.9 Å². The van der Waals surface area contributed by atoms with E-state index in [9.17, 15) is 0 Å². The first-order chi connectivity index (χ1) is 8.66. The fourth-order valence-corrected chi connectivity index (χ4v) is 3.20. The summed E-state index contributed by atoms with van der Waals surface area (Å²) in [6, 6.07) is 10.1. The Morgan fingerprint density at radius 2 is 2.06 bits per heavy atom. The summed E-state index contributed by atoms with van der Waals surface area (Å²) < 4.78 is 0.734. The van der Waals surface area contributed by atoms with E-state index in [1.54, 1.807) is 6.20 Å². The molecule has 3 aromatic rings. The predicted molar refractivity (Wildman–Crippen MR) is 79.2 cm³/mol. The van der Waals surface area contributed by atoms with Gasteiger partial charge in [-0.2, -0.15) is 0 Å². The number of nitrogens with zero attached hydrogens (tertiary/aromatic N) is 1. The van der Waals surface area contributed by atoms with Gasteiger partial charge in [-0.25, -0.2) is 4.98 Å². The van der Waals surface area contributed by atoms with Gasteiger partial charge in [0.25, 0.3) is 0 Å². The molecule has 0 atom stereocenters. The van der Waals surface area contributed by atoms with Crippen LogP contribution >= 0.6 is 22.9 Å². The predicted octanol–water partition coefficient (Wildman–Crippen LogP) is 4.51. The largest absolute Gasteiger partial charge is 0.397 e. The molecule has 0 aliphatic heterocycles. The molecule has 0 saturated carbocycles. The molecule has 4 heteroatoms. The van der Waals surface area contributed by atoms with E-state index >= 15 is 0 Å². The fraction of sp³-hybridized carbons (Fsp3) is 0.0714. The van der Waals surface area contributed by atoms with Crippen LogP contribution in [0.15, 0.2) is 36.5 Å². The molecule has 0 aliphatic carbocycles. The van der Waals surface area contributed by atoms with Gasteiger partial charge in [0.05, 0.1) is 16.2 Å². The van der Waals surface area contributed by atoms with E-state index in [0.29, 0.717) is 5.69 Å². The van der Waals surface area contributed by atoms with Gasteiger partial charge < -0.3 is 5.73 Å². The van der Waals surface area contributed by atoms with Crippen LogP contribution in [0.5, 0.6) is 0 Å². The molecule has 0 fully saturated rings. The highest BCUT2D eigenvalue weighted by Gasteiger charge is 2.13. The number of hydrogen-bond acceptors (Lipinski definition) is 3. The number of benzene rings is 1. The monoisotopic (exact) mass is 274 g/mol. The van der Waals surface area contributed by atoms with Gasteiger partial charge in [-0.05, 0) is 24.1 Å². The molecular formula is C14H11ClN2S. The summed E-state index contributed by atoms with van der Waals surface area (Å²) in [5.74, 6) is 0. The Balaban J connectivity index is 2.41. The third-order valence-electron chi connectivity index (χ3n) is 2.98. The highest BCUT2D eigenvalue weighted by Crippen LogP contribution is 2.39. The van der Waals surface area contributed by atoms with Gasteiger partial charge in [-0.3, -0.25) is 0 Å². The van der Waals surface area contributed by atoms with Crippen LogP contribution in [-0.2, 0) is 0 Å². The first kappa shape index (κ1) is 11.5. The van der Waals surface area contributed by atoms with Crippen molar-refractivity contribution in [3.63, 3.8) is 0 Å². The quantitative estimate of drug-likeness (QED) is 0.709. The molecule has 2 heterocycles. The molecule has 18 heavy (non-hydrogen) atoms. The maximum atomic E-state index is 6.10. The maximum absolute atomic E-state index is 6.10. The third kappa shape index (κ3) is 1.76. The number of hydrogen-bond donors (Lipinski definition) is 1. The summed E-state index contributed by atoms with van der Waals surface area (Å²) in [5.41, 5.74) is 10.1. The average Bonchev–Trinajstić information content (AvgIpc) is 2.71. The van der Waals surface area contributed by atoms with Crippen LogP contribution in [0, 0.1) is 6.92 Å². The minimum absolute atomic E-state index is 0.686. The molecule has 0 spiro atoms. The van der Waals surface area contributed by atoms with Crippen molar-refractivity contribution in [3.8, 4) is 11.1 Å². The number of fused-ring (bicyclic) bond motifs is 1. The van der Waals surface area contributed by atoms with E-state index in [4.69, 9.17) is 17.3 Å². The van der Waals surface area contributed by atoms with Crippen molar-refractivity contribution >= 4 is 38.8 Å². The molecule has 2 nitrogen and oxygen atoms in total. The van der Waals surface area contributed by atoms with Crippen LogP contribution in [-0.4, -0.2) is 4.98 Å². The SMILES string of the molecule is Cc1ccccc1-c1c(N)cnc2sc(Cl)cc12. The zero-order valence-electron chi connectivity index (χ0n) is 9.77. The Bertz CT molecular complexity index is 734. The molecule has 0 aliphatic rings. The van der Waals surface area contributed by atoms with Crippen LogP contribution in [0.3, 0.4) is 0 Å². The van der Waals surface area contributed by atoms with E-state index in [-0.39, 0.29) is 0 Å². The van der Waals surface area contributed by atoms with Crippen molar-refractivity contribution in [1.29, 1.82) is 0 Å². The Morgan fingerprint density at radius 3 is 2.83 bits per heavy atom. The first-order valence-electron chi connectivity index (χ1n) is 5.56. The molecule has 0 unspecified atom stereocenters. The lowest BCUT2D eigenvalue weighted by atomic mass is 9.98. The topological polar surface area (TPSA) is 38.9 Å². The van der Waals surface area contributed by atoms with Crippen LogP contribution in [0.25, 0.3) is 21.3 Å². The van der Waals surface area contributed by atoms with E-state index in [1.165, 1.54) is 16.9 Å². The molecule has 0 radical (unpaired) electrons. The van der Waals surface area contributed by atoms with Gasteiger partial charge in [-0.1, -0.05) is 35.9 Å². The molecule has 2 aromatic heterocycles. The minimum Gasteiger partial charge on any atom is -0.397 e. The van der Waals surface area contributed by atoms with Gasteiger partial charge >= 0.3 is 0 Å². The lowest BCUT2D eigenvalue weighted by molar-refractivity contribution is 1.42. The third-order valence-corrected chi connectivity index (χ3v) is 4.15. The summed E-state index contributed by atoms with van der Waals surface area (Å²) in [6.07, 6.45) is 1.71. The molecule has 0 saturated heterocycles. The van der Waals surface area contributed by atoms with E-state index in [1.807, 2.05) is 18.2 Å². The van der Waals surface area contributed by atoms with Gasteiger partial charge in [0.15, 0.2) is 0 Å². The Labute approximate surface area is 114 Å². The molecule has 90 valence electrons. The van der Waals surface area contributed by atoms with Crippen molar-refractivity contribution in [3.05, 3.63) is 46.4 Å². The Kier molecular flexibility index (Phi) is 2.73. The summed E-state index contributed by atoms with van der Waals surface area (Å²) >= 11 is 7.55. The standard InChI is InChI=1S/C14H11ClN2S/c1-8-4-2-3-5-9(8)13-10-6-12(15)18-14(10)17-7-11(13)16/h2-7H,16H2,1H3. The number of thiophene rings is 1. The second-order valence-corrected chi connectivity index (χ2v) is 5.83. The number of nitrogen functional groups attached to an aromatic ring is 1. The number of aromatic nitrogens is 1. The van der Waals surface area contributed by atoms with E-state index in [2.05, 4.69) is 24.0 Å². The van der Waals surface area contributed by atoms with Crippen molar-refractivity contribution in [1.82, 2.24) is 4.98 Å². The second kappa shape index (κ2) is 4.26. The maximum Gasteiger partial charge on any atom is 0.125 e. The first-order valence-corrected chi connectivity index (χ1v) is 6.76. The number of halogens is 1. The summed E-state index contributed by atoms with van der Waals surface area (Å²) in [5, 5.41) is 1.03. The van der Waals surface area contributed by atoms with Gasteiger partial charge in [0.2, 0.25) is 0 Å². The number of nitrogens with two attached hydrogens (primary N) is 1. The van der Waals surface area contributed by atoms with Gasteiger partial charge in [-0.15, -0.1) is 11.3 Å². The summed E-state index contributed by atoms with van der Waals surface area (Å²) in [6.45, 7) is 2.08. The van der Waals surface area contributed by atoms with Crippen molar-refractivity contribution in [2.24, 2.45) is 0 Å². The van der Waals surface area contributed by atoms with Crippen LogP contribution in [0.4, 0.5) is 5.69 Å². The van der Waals surface area contributed by atoms with Gasteiger partial charge in [0.1, 0.15) is 4.83 Å². The summed E-state index contributed by atoms with van der Waals surface area (Å²) in [7, 11) is 0. The van der Waals surface area contributed by atoms with Crippen molar-refractivity contribution < 1.29 is 0 Å². The lowest BCUT2D eigenvalue weighted by Crippen LogP contribution is -1.93. The zero-order chi connectivity index (χ0) is 12.7. The van der Waals surface area contributed by atoms with Crippen LogP contribution < -0.4 is 5.73 Å². The summed E-state index contributed by atoms with van der Waals surface area (Å²) in [4.78, 5) is 5.25. The van der Waals surface area contributed by atoms with Crippen LogP contribution in [0.2, 0.25) is 4.34 Å². The molecule has 0 amide bonds. The molecular weight excluding hydrogens is 264 g/mol. The normalized spacial score (nSPS) is 11.0. The van der Waals surface area contributed by atoms with Crippen LogP contribution in [0.1, 0.15) is 5.56 Å². The molecule has 0 bridgehead atoms. The number of rotatable bonds is 1. The van der Waals surface area contributed by atoms with E-state index < -0.39 is 0 Å². The zero-order valence-corrected chi connectivity index (χ0v) is 11.3. The number of aryl methyl sites for hydroxylation is 1. The minimum atomic E-state index is 0.686. The van der Waals surface area contributed by atoms with Crippen molar-refractivity contribution in [2.45, 2.75) is 6.92 Å². The average molecular weight is 275 g/mol. The smallest absolute Gasteiger partial charge is 0.125 e. The Morgan fingerprint density at radius 1 is 1.28 bits per heavy atom. The highest BCUT2D eigenvalue weighted by molar-refractivity contribution is 7.22. The van der Waals surface area contributed by atoms with E-state index in [0.717, 1.165) is 25.7 Å². The molecule has 1 aromatic carbocycles. The number of pyridine rings is 1. The number of anilines is 1. The highest BCUT2D eigenvalue weighted by atomic mass is 35.5.